The van der Waals surface area contributed by atoms with Gasteiger partial charge in [0.2, 0.25) is 0 Å². The van der Waals surface area contributed by atoms with Crippen LogP contribution in [0.5, 0.6) is 5.75 Å². The van der Waals surface area contributed by atoms with Gasteiger partial charge < -0.3 is 4.74 Å². The van der Waals surface area contributed by atoms with E-state index < -0.39 is 20.0 Å². The minimum Gasteiger partial charge on any atom is -0.494 e. The summed E-state index contributed by atoms with van der Waals surface area (Å²) in [5, 5.41) is 0. The summed E-state index contributed by atoms with van der Waals surface area (Å²) < 4.78 is 61.5. The number of sulfonamides is 2. The number of anilines is 2. The smallest absolute Gasteiger partial charge is 0.262 e. The molecule has 0 aliphatic rings. The zero-order chi connectivity index (χ0) is 23.5. The molecule has 0 spiro atoms. The monoisotopic (exact) mass is 474 g/mol. The molecule has 0 unspecified atom stereocenters. The minimum atomic E-state index is -3.84. The van der Waals surface area contributed by atoms with Crippen molar-refractivity contribution in [3.63, 3.8) is 0 Å². The SMILES string of the molecule is CCOc1ccc(NS(=O)(=O)c2ccc(NS(=O)(=O)c3c(C)cc(C)cc3C)cc2)cc1. The molecule has 7 nitrogen and oxygen atoms in total. The normalized spacial score (nSPS) is 11.8. The number of hydrogen-bond donors (Lipinski definition) is 2. The van der Waals surface area contributed by atoms with Gasteiger partial charge in [-0.2, -0.15) is 0 Å². The summed E-state index contributed by atoms with van der Waals surface area (Å²) in [6.45, 7) is 7.78. The van der Waals surface area contributed by atoms with E-state index >= 15 is 0 Å². The highest BCUT2D eigenvalue weighted by Crippen LogP contribution is 2.25. The molecule has 0 aromatic heterocycles. The van der Waals surface area contributed by atoms with E-state index in [4.69, 9.17) is 4.74 Å². The maximum atomic E-state index is 12.9. The van der Waals surface area contributed by atoms with Crippen molar-refractivity contribution >= 4 is 31.4 Å². The minimum absolute atomic E-state index is 0.0111. The third kappa shape index (κ3) is 5.41. The van der Waals surface area contributed by atoms with Crippen LogP contribution in [0.2, 0.25) is 0 Å². The zero-order valence-corrected chi connectivity index (χ0v) is 20.0. The van der Waals surface area contributed by atoms with Crippen molar-refractivity contribution in [1.29, 1.82) is 0 Å². The maximum Gasteiger partial charge on any atom is 0.262 e. The Bertz CT molecular complexity index is 1290. The van der Waals surface area contributed by atoms with Crippen molar-refractivity contribution in [2.75, 3.05) is 16.1 Å². The summed E-state index contributed by atoms with van der Waals surface area (Å²) >= 11 is 0. The first-order valence-electron chi connectivity index (χ1n) is 9.98. The molecule has 32 heavy (non-hydrogen) atoms. The van der Waals surface area contributed by atoms with Crippen molar-refractivity contribution < 1.29 is 21.6 Å². The molecule has 2 N–H and O–H groups in total. The van der Waals surface area contributed by atoms with Crippen LogP contribution in [0.15, 0.2) is 70.5 Å². The molecule has 170 valence electrons. The fourth-order valence-electron chi connectivity index (χ4n) is 3.50. The molecular formula is C23H26N2O5S2. The highest BCUT2D eigenvalue weighted by Gasteiger charge is 2.21. The number of nitrogens with one attached hydrogen (secondary N) is 2. The molecule has 0 fully saturated rings. The van der Waals surface area contributed by atoms with Crippen LogP contribution in [0.4, 0.5) is 11.4 Å². The van der Waals surface area contributed by atoms with E-state index in [0.717, 1.165) is 5.56 Å². The van der Waals surface area contributed by atoms with E-state index in [1.165, 1.54) is 24.3 Å². The van der Waals surface area contributed by atoms with Gasteiger partial charge in [-0.15, -0.1) is 0 Å². The second-order valence-electron chi connectivity index (χ2n) is 7.42. The first-order valence-corrected chi connectivity index (χ1v) is 12.9. The Hall–Kier alpha value is -3.04. The largest absolute Gasteiger partial charge is 0.494 e. The molecule has 0 aliphatic carbocycles. The van der Waals surface area contributed by atoms with E-state index in [2.05, 4.69) is 9.44 Å². The highest BCUT2D eigenvalue weighted by molar-refractivity contribution is 7.93. The molecule has 3 aromatic carbocycles. The van der Waals surface area contributed by atoms with Gasteiger partial charge in [-0.05, 0) is 87.4 Å². The Morgan fingerprint density at radius 3 is 1.69 bits per heavy atom. The second kappa shape index (κ2) is 9.22. The van der Waals surface area contributed by atoms with Crippen LogP contribution < -0.4 is 14.2 Å². The summed E-state index contributed by atoms with van der Waals surface area (Å²) in [6.07, 6.45) is 0. The van der Waals surface area contributed by atoms with E-state index in [1.54, 1.807) is 38.1 Å². The van der Waals surface area contributed by atoms with Gasteiger partial charge in [0.05, 0.1) is 16.4 Å². The third-order valence-corrected chi connectivity index (χ3v) is 7.79. The molecule has 0 aliphatic heterocycles. The predicted octanol–water partition coefficient (Wildman–Crippen LogP) is 4.61. The molecule has 3 aromatic rings. The molecule has 0 saturated carbocycles. The van der Waals surface area contributed by atoms with Crippen molar-refractivity contribution in [2.45, 2.75) is 37.5 Å². The lowest BCUT2D eigenvalue weighted by Crippen LogP contribution is -2.16. The molecule has 0 heterocycles. The first-order chi connectivity index (χ1) is 15.0. The van der Waals surface area contributed by atoms with E-state index in [9.17, 15) is 16.8 Å². The van der Waals surface area contributed by atoms with E-state index in [-0.39, 0.29) is 15.5 Å². The Morgan fingerprint density at radius 2 is 1.19 bits per heavy atom. The summed E-state index contributed by atoms with van der Waals surface area (Å²) in [5.41, 5.74) is 2.93. The third-order valence-electron chi connectivity index (χ3n) is 4.71. The quantitative estimate of drug-likeness (QED) is 0.496. The van der Waals surface area contributed by atoms with Crippen LogP contribution in [0, 0.1) is 20.8 Å². The van der Waals surface area contributed by atoms with Crippen molar-refractivity contribution in [1.82, 2.24) is 0 Å². The molecule has 3 rings (SSSR count). The van der Waals surface area contributed by atoms with Crippen LogP contribution in [0.25, 0.3) is 0 Å². The molecule has 0 radical (unpaired) electrons. The molecular weight excluding hydrogens is 448 g/mol. The van der Waals surface area contributed by atoms with E-state index in [1.807, 2.05) is 26.0 Å². The topological polar surface area (TPSA) is 102 Å². The zero-order valence-electron chi connectivity index (χ0n) is 18.3. The van der Waals surface area contributed by atoms with Gasteiger partial charge in [-0.25, -0.2) is 16.8 Å². The summed E-state index contributed by atoms with van der Waals surface area (Å²) in [5.74, 6) is 0.645. The predicted molar refractivity (Wildman–Crippen MR) is 126 cm³/mol. The highest BCUT2D eigenvalue weighted by atomic mass is 32.2. The lowest BCUT2D eigenvalue weighted by Gasteiger charge is -2.14. The lowest BCUT2D eigenvalue weighted by atomic mass is 10.1. The number of aryl methyl sites for hydroxylation is 3. The Morgan fingerprint density at radius 1 is 0.719 bits per heavy atom. The van der Waals surface area contributed by atoms with Crippen molar-refractivity contribution in [2.24, 2.45) is 0 Å². The summed E-state index contributed by atoms with van der Waals surface area (Å²) in [7, 11) is -7.66. The average Bonchev–Trinajstić information content (AvgIpc) is 2.68. The van der Waals surface area contributed by atoms with Gasteiger partial charge in [0.25, 0.3) is 20.0 Å². The van der Waals surface area contributed by atoms with Crippen LogP contribution >= 0.6 is 0 Å². The van der Waals surface area contributed by atoms with Gasteiger partial charge in [-0.3, -0.25) is 9.44 Å². The van der Waals surface area contributed by atoms with Gasteiger partial charge in [0, 0.05) is 11.4 Å². The molecule has 0 atom stereocenters. The van der Waals surface area contributed by atoms with Crippen LogP contribution in [0.1, 0.15) is 23.6 Å². The van der Waals surface area contributed by atoms with Gasteiger partial charge in [0.1, 0.15) is 5.75 Å². The van der Waals surface area contributed by atoms with Gasteiger partial charge >= 0.3 is 0 Å². The standard InChI is InChI=1S/C23H26N2O5S2/c1-5-30-21-10-6-19(7-11-21)24-31(26,27)22-12-8-20(9-13-22)25-32(28,29)23-17(3)14-16(2)15-18(23)4/h6-15,24-25H,5H2,1-4H3. The fraction of sp³-hybridized carbons (Fsp3) is 0.217. The molecule has 0 bridgehead atoms. The number of hydrogen-bond acceptors (Lipinski definition) is 5. The number of ether oxygens (including phenoxy) is 1. The first kappa shape index (κ1) is 23.6. The number of benzene rings is 3. The van der Waals surface area contributed by atoms with E-state index in [0.29, 0.717) is 29.2 Å². The lowest BCUT2D eigenvalue weighted by molar-refractivity contribution is 0.340. The second-order valence-corrected chi connectivity index (χ2v) is 10.7. The average molecular weight is 475 g/mol. The molecule has 0 saturated heterocycles. The summed E-state index contributed by atoms with van der Waals surface area (Å²) in [4.78, 5) is 0.231. The van der Waals surface area contributed by atoms with Crippen molar-refractivity contribution in [3.8, 4) is 5.75 Å². The molecule has 9 heteroatoms. The number of rotatable bonds is 8. The Kier molecular flexibility index (Phi) is 6.80. The Labute approximate surface area is 189 Å². The van der Waals surface area contributed by atoms with Gasteiger partial charge in [-0.1, -0.05) is 17.7 Å². The van der Waals surface area contributed by atoms with Crippen LogP contribution in [-0.4, -0.2) is 23.4 Å². The molecule has 0 amide bonds. The van der Waals surface area contributed by atoms with Crippen LogP contribution in [0.3, 0.4) is 0 Å². The maximum absolute atomic E-state index is 12.9. The van der Waals surface area contributed by atoms with Gasteiger partial charge in [0.15, 0.2) is 0 Å². The van der Waals surface area contributed by atoms with Crippen molar-refractivity contribution in [3.05, 3.63) is 77.4 Å². The Balaban J connectivity index is 1.78. The van der Waals surface area contributed by atoms with Crippen LogP contribution in [-0.2, 0) is 20.0 Å². The summed E-state index contributed by atoms with van der Waals surface area (Å²) in [6, 6.07) is 15.7. The fourth-order valence-corrected chi connectivity index (χ4v) is 6.07.